The van der Waals surface area contributed by atoms with Crippen molar-refractivity contribution in [2.45, 2.75) is 0 Å². The number of furan rings is 1. The highest BCUT2D eigenvalue weighted by Gasteiger charge is 2.08. The molecule has 154 valence electrons. The van der Waals surface area contributed by atoms with Gasteiger partial charge in [0.25, 0.3) is 0 Å². The van der Waals surface area contributed by atoms with Gasteiger partial charge in [0.15, 0.2) is 0 Å². The van der Waals surface area contributed by atoms with E-state index in [1.165, 1.54) is 0 Å². The van der Waals surface area contributed by atoms with E-state index >= 15 is 0 Å². The smallest absolute Gasteiger partial charge is 0.136 e. The Kier molecular flexibility index (Phi) is 5.42. The zero-order valence-corrected chi connectivity index (χ0v) is 17.7. The lowest BCUT2D eigenvalue weighted by molar-refractivity contribution is 0.669. The molecule has 2 heteroatoms. The van der Waals surface area contributed by atoms with Crippen LogP contribution in [0.25, 0.3) is 38.6 Å². The van der Waals surface area contributed by atoms with E-state index in [4.69, 9.17) is 4.42 Å². The zero-order chi connectivity index (χ0) is 21.8. The first-order valence-electron chi connectivity index (χ1n) is 10.6. The first kappa shape index (κ1) is 19.7. The van der Waals surface area contributed by atoms with Gasteiger partial charge in [-0.15, -0.1) is 0 Å². The fraction of sp³-hybridized carbons (Fsp3) is 0. The number of benzene rings is 4. The van der Waals surface area contributed by atoms with Crippen molar-refractivity contribution < 1.29 is 4.42 Å². The predicted octanol–water partition coefficient (Wildman–Crippen LogP) is 8.45. The van der Waals surface area contributed by atoms with Crippen LogP contribution < -0.4 is 5.32 Å². The predicted molar refractivity (Wildman–Crippen MR) is 137 cm³/mol. The minimum absolute atomic E-state index is 0.905. The lowest BCUT2D eigenvalue weighted by atomic mass is 10.0. The Morgan fingerprint density at radius 2 is 1.50 bits per heavy atom. The average Bonchev–Trinajstić information content (AvgIpc) is 3.23. The number of nitrogens with one attached hydrogen (secondary N) is 1. The van der Waals surface area contributed by atoms with Gasteiger partial charge >= 0.3 is 0 Å². The second-order valence-electron chi connectivity index (χ2n) is 7.59. The molecule has 1 aromatic heterocycles. The van der Waals surface area contributed by atoms with Crippen molar-refractivity contribution >= 4 is 33.2 Å². The number of fused-ring (bicyclic) bond motifs is 3. The Morgan fingerprint density at radius 1 is 0.719 bits per heavy atom. The Bertz CT molecular complexity index is 1450. The lowest BCUT2D eigenvalue weighted by Crippen LogP contribution is -1.91. The molecule has 0 saturated heterocycles. The fourth-order valence-corrected chi connectivity index (χ4v) is 3.89. The SMILES string of the molecule is C=C/C=C\C(=C/Nc1cccc(-c2ccc3c(c2)oc2ccccc23)c1)c1ccccc1. The van der Waals surface area contributed by atoms with Gasteiger partial charge in [0.1, 0.15) is 11.2 Å². The molecule has 0 fully saturated rings. The van der Waals surface area contributed by atoms with Crippen LogP contribution in [0.4, 0.5) is 5.69 Å². The highest BCUT2D eigenvalue weighted by molar-refractivity contribution is 6.05. The first-order valence-corrected chi connectivity index (χ1v) is 10.6. The summed E-state index contributed by atoms with van der Waals surface area (Å²) < 4.78 is 6.07. The van der Waals surface area contributed by atoms with Crippen molar-refractivity contribution in [1.82, 2.24) is 0 Å². The maximum absolute atomic E-state index is 6.07. The number of hydrogen-bond acceptors (Lipinski definition) is 2. The largest absolute Gasteiger partial charge is 0.456 e. The molecule has 4 aromatic carbocycles. The third-order valence-corrected chi connectivity index (χ3v) is 5.49. The third kappa shape index (κ3) is 3.99. The van der Waals surface area contributed by atoms with E-state index in [1.54, 1.807) is 6.08 Å². The second-order valence-corrected chi connectivity index (χ2v) is 7.59. The van der Waals surface area contributed by atoms with Crippen molar-refractivity contribution in [3.8, 4) is 11.1 Å². The molecule has 32 heavy (non-hydrogen) atoms. The van der Waals surface area contributed by atoms with E-state index in [-0.39, 0.29) is 0 Å². The van der Waals surface area contributed by atoms with Crippen LogP contribution in [0, 0.1) is 0 Å². The zero-order valence-electron chi connectivity index (χ0n) is 17.7. The summed E-state index contributed by atoms with van der Waals surface area (Å²) >= 11 is 0. The maximum Gasteiger partial charge on any atom is 0.136 e. The van der Waals surface area contributed by atoms with Crippen molar-refractivity contribution in [3.63, 3.8) is 0 Å². The summed E-state index contributed by atoms with van der Waals surface area (Å²) in [5.74, 6) is 0. The van der Waals surface area contributed by atoms with Crippen LogP contribution in [-0.4, -0.2) is 0 Å². The van der Waals surface area contributed by atoms with E-state index in [0.29, 0.717) is 0 Å². The maximum atomic E-state index is 6.07. The van der Waals surface area contributed by atoms with Crippen molar-refractivity contribution in [3.05, 3.63) is 134 Å². The Hall–Kier alpha value is -4.30. The number of anilines is 1. The van der Waals surface area contributed by atoms with Crippen LogP contribution in [0.1, 0.15) is 5.56 Å². The minimum Gasteiger partial charge on any atom is -0.456 e. The molecular formula is C30H23NO. The monoisotopic (exact) mass is 413 g/mol. The normalized spacial score (nSPS) is 11.9. The molecule has 5 aromatic rings. The molecule has 0 amide bonds. The molecule has 0 saturated carbocycles. The van der Waals surface area contributed by atoms with E-state index in [9.17, 15) is 0 Å². The summed E-state index contributed by atoms with van der Waals surface area (Å²) in [4.78, 5) is 0. The number of para-hydroxylation sites is 1. The second kappa shape index (κ2) is 8.83. The van der Waals surface area contributed by atoms with Gasteiger partial charge in [-0.3, -0.25) is 0 Å². The highest BCUT2D eigenvalue weighted by Crippen LogP contribution is 2.32. The lowest BCUT2D eigenvalue weighted by Gasteiger charge is -2.08. The summed E-state index contributed by atoms with van der Waals surface area (Å²) in [7, 11) is 0. The van der Waals surface area contributed by atoms with Gasteiger partial charge in [0.05, 0.1) is 0 Å². The summed E-state index contributed by atoms with van der Waals surface area (Å²) in [6, 6.07) is 33.3. The average molecular weight is 414 g/mol. The Morgan fingerprint density at radius 3 is 2.38 bits per heavy atom. The topological polar surface area (TPSA) is 25.2 Å². The summed E-state index contributed by atoms with van der Waals surface area (Å²) in [5.41, 5.74) is 7.33. The van der Waals surface area contributed by atoms with Gasteiger partial charge in [0.2, 0.25) is 0 Å². The first-order chi connectivity index (χ1) is 15.8. The minimum atomic E-state index is 0.905. The quantitative estimate of drug-likeness (QED) is 0.282. The van der Waals surface area contributed by atoms with Crippen LogP contribution in [0.3, 0.4) is 0 Å². The van der Waals surface area contributed by atoms with Gasteiger partial charge in [-0.25, -0.2) is 0 Å². The van der Waals surface area contributed by atoms with E-state index < -0.39 is 0 Å². The van der Waals surface area contributed by atoms with Crippen LogP contribution in [-0.2, 0) is 0 Å². The summed E-state index contributed by atoms with van der Waals surface area (Å²) in [6.07, 6.45) is 7.80. The molecule has 5 rings (SSSR count). The van der Waals surface area contributed by atoms with Gasteiger partial charge in [-0.2, -0.15) is 0 Å². The van der Waals surface area contributed by atoms with Crippen LogP contribution in [0.5, 0.6) is 0 Å². The number of rotatable bonds is 6. The van der Waals surface area contributed by atoms with E-state index in [2.05, 4.69) is 78.6 Å². The molecule has 0 bridgehead atoms. The molecule has 0 radical (unpaired) electrons. The molecule has 0 aliphatic carbocycles. The van der Waals surface area contributed by atoms with Gasteiger partial charge in [0, 0.05) is 22.7 Å². The van der Waals surface area contributed by atoms with Crippen molar-refractivity contribution in [1.29, 1.82) is 0 Å². The molecular weight excluding hydrogens is 390 g/mol. The molecule has 0 atom stereocenters. The highest BCUT2D eigenvalue weighted by atomic mass is 16.3. The van der Waals surface area contributed by atoms with Gasteiger partial charge < -0.3 is 9.73 Å². The van der Waals surface area contributed by atoms with Crippen LogP contribution in [0.2, 0.25) is 0 Å². The van der Waals surface area contributed by atoms with Crippen molar-refractivity contribution in [2.24, 2.45) is 0 Å². The molecule has 0 aliphatic heterocycles. The van der Waals surface area contributed by atoms with Crippen molar-refractivity contribution in [2.75, 3.05) is 5.32 Å². The Balaban J connectivity index is 1.46. The van der Waals surface area contributed by atoms with Crippen LogP contribution >= 0.6 is 0 Å². The molecule has 2 nitrogen and oxygen atoms in total. The standard InChI is InChI=1S/C30H23NO/c1-2-3-10-25(22-11-5-4-6-12-22)21-31-26-14-9-13-23(19-26)24-17-18-28-27-15-7-8-16-29(27)32-30(28)20-24/h2-21,31H,1H2/b10-3-,25-21+. The molecule has 0 aliphatic rings. The van der Waals surface area contributed by atoms with Gasteiger partial charge in [-0.05, 0) is 52.6 Å². The molecule has 0 unspecified atom stereocenters. The summed E-state index contributed by atoms with van der Waals surface area (Å²) in [5, 5.41) is 5.74. The third-order valence-electron chi connectivity index (χ3n) is 5.49. The molecule has 0 spiro atoms. The molecule has 1 N–H and O–H groups in total. The Labute approximate surface area is 187 Å². The summed E-state index contributed by atoms with van der Waals surface area (Å²) in [6.45, 7) is 3.78. The number of allylic oxidation sites excluding steroid dienone is 4. The van der Waals surface area contributed by atoms with Crippen LogP contribution in [0.15, 0.2) is 132 Å². The van der Waals surface area contributed by atoms with E-state index in [0.717, 1.165) is 49.9 Å². The van der Waals surface area contributed by atoms with Gasteiger partial charge in [-0.1, -0.05) is 91.5 Å². The molecule has 1 heterocycles. The fourth-order valence-electron chi connectivity index (χ4n) is 3.89. The van der Waals surface area contributed by atoms with E-state index in [1.807, 2.05) is 48.7 Å². The number of hydrogen-bond donors (Lipinski definition) is 1.